The average Bonchev–Trinajstić information content (AvgIpc) is 2.15. The zero-order valence-electron chi connectivity index (χ0n) is 7.80. The fourth-order valence-corrected chi connectivity index (χ4v) is 1.80. The minimum atomic E-state index is -5.80. The average molecular weight is 295 g/mol. The number of benzene rings is 1. The van der Waals surface area contributed by atoms with E-state index in [0.29, 0.717) is 6.07 Å². The number of alkyl halides is 5. The van der Waals surface area contributed by atoms with Crippen LogP contribution in [-0.2, 0) is 15.0 Å². The van der Waals surface area contributed by atoms with Crippen LogP contribution in [-0.4, -0.2) is 14.6 Å². The molecular weight excluding hydrogens is 291 g/mol. The highest BCUT2D eigenvalue weighted by Crippen LogP contribution is 2.44. The van der Waals surface area contributed by atoms with Gasteiger partial charge in [0.1, 0.15) is 0 Å². The third-order valence-corrected chi connectivity index (χ3v) is 3.19. The van der Waals surface area contributed by atoms with Crippen molar-refractivity contribution in [2.75, 3.05) is 0 Å². The Hall–Kier alpha value is -0.890. The maximum Gasteiger partial charge on any atom is 0.458 e. The smallest absolute Gasteiger partial charge is 0.207 e. The normalized spacial score (nSPS) is 13.8. The summed E-state index contributed by atoms with van der Waals surface area (Å²) in [6.07, 6.45) is -5.80. The fraction of sp³-hybridized carbons (Fsp3) is 0.250. The van der Waals surface area contributed by atoms with E-state index < -0.39 is 31.6 Å². The lowest BCUT2D eigenvalue weighted by atomic mass is 10.1. The second-order valence-electron chi connectivity index (χ2n) is 3.04. The number of hydrogen-bond acceptors (Lipinski definition) is 2. The minimum absolute atomic E-state index is 0.190. The molecule has 1 rings (SSSR count). The lowest BCUT2D eigenvalue weighted by molar-refractivity contribution is -0.289. The van der Waals surface area contributed by atoms with E-state index in [-0.39, 0.29) is 6.07 Å². The Morgan fingerprint density at radius 2 is 1.59 bits per heavy atom. The predicted octanol–water partition coefficient (Wildman–Crippen LogP) is 3.27. The molecule has 0 amide bonds. The van der Waals surface area contributed by atoms with Crippen molar-refractivity contribution in [3.05, 3.63) is 29.8 Å². The highest BCUT2D eigenvalue weighted by Gasteiger charge is 2.58. The Balaban J connectivity index is 3.36. The molecule has 0 aromatic heterocycles. The highest BCUT2D eigenvalue weighted by atomic mass is 35.7. The van der Waals surface area contributed by atoms with Gasteiger partial charge in [0.25, 0.3) is 9.05 Å². The Kier molecular flexibility index (Phi) is 3.41. The van der Waals surface area contributed by atoms with Crippen molar-refractivity contribution in [1.29, 1.82) is 0 Å². The summed E-state index contributed by atoms with van der Waals surface area (Å²) in [4.78, 5) is -0.819. The van der Waals surface area contributed by atoms with Gasteiger partial charge in [-0.05, 0) is 12.1 Å². The van der Waals surface area contributed by atoms with Gasteiger partial charge in [-0.2, -0.15) is 22.0 Å². The maximum absolute atomic E-state index is 12.9. The first-order chi connectivity index (χ1) is 7.46. The summed E-state index contributed by atoms with van der Waals surface area (Å²) in [6.45, 7) is 0. The third kappa shape index (κ3) is 2.86. The monoisotopic (exact) mass is 294 g/mol. The molecule has 0 aliphatic heterocycles. The van der Waals surface area contributed by atoms with Crippen molar-refractivity contribution >= 4 is 19.7 Å². The van der Waals surface area contributed by atoms with E-state index >= 15 is 0 Å². The summed E-state index contributed by atoms with van der Waals surface area (Å²) >= 11 is 0. The van der Waals surface area contributed by atoms with E-state index in [4.69, 9.17) is 10.7 Å². The summed E-state index contributed by atoms with van der Waals surface area (Å²) in [5, 5.41) is 0. The van der Waals surface area contributed by atoms with E-state index in [0.717, 1.165) is 12.1 Å². The molecule has 96 valence electrons. The second-order valence-corrected chi connectivity index (χ2v) is 5.60. The molecular formula is C8H4ClF5O2S. The van der Waals surface area contributed by atoms with Crippen LogP contribution < -0.4 is 0 Å². The zero-order chi connectivity index (χ0) is 13.5. The minimum Gasteiger partial charge on any atom is -0.207 e. The van der Waals surface area contributed by atoms with Crippen LogP contribution in [0.4, 0.5) is 22.0 Å². The van der Waals surface area contributed by atoms with E-state index in [9.17, 15) is 30.4 Å². The molecule has 0 fully saturated rings. The summed E-state index contributed by atoms with van der Waals surface area (Å²) < 4.78 is 83.4. The van der Waals surface area contributed by atoms with Crippen LogP contribution in [0.5, 0.6) is 0 Å². The summed E-state index contributed by atoms with van der Waals surface area (Å²) in [7, 11) is 0.481. The van der Waals surface area contributed by atoms with Gasteiger partial charge in [0.15, 0.2) is 0 Å². The summed E-state index contributed by atoms with van der Waals surface area (Å²) in [5.74, 6) is -5.13. The van der Waals surface area contributed by atoms with Crippen molar-refractivity contribution in [2.45, 2.75) is 17.0 Å². The molecule has 0 atom stereocenters. The van der Waals surface area contributed by atoms with Gasteiger partial charge in [-0.15, -0.1) is 0 Å². The third-order valence-electron chi connectivity index (χ3n) is 1.83. The van der Waals surface area contributed by atoms with Gasteiger partial charge in [0.05, 0.1) is 4.90 Å². The molecule has 0 saturated heterocycles. The second kappa shape index (κ2) is 4.09. The Morgan fingerprint density at radius 3 is 2.00 bits per heavy atom. The van der Waals surface area contributed by atoms with Crippen LogP contribution in [0.1, 0.15) is 5.56 Å². The van der Waals surface area contributed by atoms with Crippen LogP contribution in [0.25, 0.3) is 0 Å². The summed E-state index contributed by atoms with van der Waals surface area (Å²) in [5.41, 5.74) is -1.48. The first-order valence-electron chi connectivity index (χ1n) is 3.96. The first-order valence-corrected chi connectivity index (χ1v) is 6.27. The molecule has 0 aliphatic rings. The Bertz CT molecular complexity index is 523. The molecule has 0 radical (unpaired) electrons. The van der Waals surface area contributed by atoms with Crippen molar-refractivity contribution in [1.82, 2.24) is 0 Å². The van der Waals surface area contributed by atoms with Gasteiger partial charge in [-0.3, -0.25) is 0 Å². The van der Waals surface area contributed by atoms with Crippen molar-refractivity contribution < 1.29 is 30.4 Å². The van der Waals surface area contributed by atoms with Gasteiger partial charge >= 0.3 is 12.1 Å². The van der Waals surface area contributed by atoms with Crippen molar-refractivity contribution in [2.24, 2.45) is 0 Å². The molecule has 1 aromatic rings. The molecule has 9 heteroatoms. The van der Waals surface area contributed by atoms with Gasteiger partial charge in [-0.1, -0.05) is 12.1 Å². The summed E-state index contributed by atoms with van der Waals surface area (Å²) in [6, 6.07) is 2.23. The Labute approximate surface area is 97.4 Å². The molecule has 1 aromatic carbocycles. The van der Waals surface area contributed by atoms with Gasteiger partial charge in [0.2, 0.25) is 0 Å². The van der Waals surface area contributed by atoms with Crippen LogP contribution >= 0.6 is 10.7 Å². The van der Waals surface area contributed by atoms with Gasteiger partial charge < -0.3 is 0 Å². The lowest BCUT2D eigenvalue weighted by Gasteiger charge is -2.19. The molecule has 0 bridgehead atoms. The van der Waals surface area contributed by atoms with E-state index in [1.165, 1.54) is 0 Å². The van der Waals surface area contributed by atoms with Crippen LogP contribution in [0.3, 0.4) is 0 Å². The van der Waals surface area contributed by atoms with Crippen molar-refractivity contribution in [3.8, 4) is 0 Å². The zero-order valence-corrected chi connectivity index (χ0v) is 9.37. The predicted molar refractivity (Wildman–Crippen MR) is 49.4 cm³/mol. The van der Waals surface area contributed by atoms with Crippen LogP contribution in [0.2, 0.25) is 0 Å². The largest absolute Gasteiger partial charge is 0.458 e. The van der Waals surface area contributed by atoms with Crippen LogP contribution in [0, 0.1) is 0 Å². The van der Waals surface area contributed by atoms with Gasteiger partial charge in [-0.25, -0.2) is 8.42 Å². The fourth-order valence-electron chi connectivity index (χ4n) is 1.01. The van der Waals surface area contributed by atoms with E-state index in [1.54, 1.807) is 0 Å². The number of hydrogen-bond donors (Lipinski definition) is 0. The molecule has 0 heterocycles. The topological polar surface area (TPSA) is 34.1 Å². The highest BCUT2D eigenvalue weighted by molar-refractivity contribution is 8.13. The lowest BCUT2D eigenvalue weighted by Crippen LogP contribution is -2.33. The Morgan fingerprint density at radius 1 is 1.06 bits per heavy atom. The maximum atomic E-state index is 12.9. The molecule has 0 N–H and O–H groups in total. The van der Waals surface area contributed by atoms with E-state index in [2.05, 4.69) is 0 Å². The quantitative estimate of drug-likeness (QED) is 0.620. The number of rotatable bonds is 2. The SMILES string of the molecule is O=S(=O)(Cl)c1cccc(C(F)(F)C(F)(F)F)c1. The molecule has 2 nitrogen and oxygen atoms in total. The molecule has 0 unspecified atom stereocenters. The standard InChI is InChI=1S/C8H4ClF5O2S/c9-17(15,16)6-3-1-2-5(4-6)7(10,11)8(12,13)14/h1-4H. The molecule has 0 spiro atoms. The first kappa shape index (κ1) is 14.2. The van der Waals surface area contributed by atoms with Crippen LogP contribution in [0.15, 0.2) is 29.2 Å². The van der Waals surface area contributed by atoms with Gasteiger partial charge in [0, 0.05) is 16.2 Å². The molecule has 0 aliphatic carbocycles. The molecule has 17 heavy (non-hydrogen) atoms. The van der Waals surface area contributed by atoms with E-state index in [1.807, 2.05) is 0 Å². The number of halogens is 6. The molecule has 0 saturated carbocycles. The van der Waals surface area contributed by atoms with Crippen molar-refractivity contribution in [3.63, 3.8) is 0 Å².